The van der Waals surface area contributed by atoms with Crippen LogP contribution in [-0.2, 0) is 5.41 Å². The van der Waals surface area contributed by atoms with E-state index in [-0.39, 0.29) is 5.41 Å². The lowest BCUT2D eigenvalue weighted by molar-refractivity contribution is 0.661. The third-order valence-electron chi connectivity index (χ3n) is 13.6. The third kappa shape index (κ3) is 5.74. The van der Waals surface area contributed by atoms with E-state index in [9.17, 15) is 0 Å². The maximum absolute atomic E-state index is 6.36. The molecular formula is C61H40N2O. The second-order valence-electron chi connectivity index (χ2n) is 17.8. The standard InChI is InChI=1S/C61H40N2O/c1-61(2)53-22-12-21-49(59(53)52-32-39-16-6-8-17-40(39)34-54(52)61)56-36-55(62-60(63-56)37-13-4-3-5-14-37)46-26-24-42-29-44(25-23-43(42)30-46)47-19-10-11-20-48(47)45-27-28-57-50(33-45)51-31-38-15-7-9-18-41(38)35-58(51)64-57/h3-36H,1-2H3. The van der Waals surface area contributed by atoms with Crippen molar-refractivity contribution in [2.75, 3.05) is 0 Å². The van der Waals surface area contributed by atoms with Crippen molar-refractivity contribution in [3.63, 3.8) is 0 Å². The summed E-state index contributed by atoms with van der Waals surface area (Å²) in [5.74, 6) is 0.712. The van der Waals surface area contributed by atoms with Crippen LogP contribution in [0.4, 0.5) is 0 Å². The van der Waals surface area contributed by atoms with Crippen LogP contribution in [0.2, 0.25) is 0 Å². The van der Waals surface area contributed by atoms with Gasteiger partial charge in [-0.1, -0.05) is 166 Å². The molecule has 2 aromatic heterocycles. The zero-order valence-electron chi connectivity index (χ0n) is 35.4. The molecule has 0 N–H and O–H groups in total. The summed E-state index contributed by atoms with van der Waals surface area (Å²) in [6, 6.07) is 74.4. The van der Waals surface area contributed by atoms with E-state index in [2.05, 4.69) is 214 Å². The van der Waals surface area contributed by atoms with Crippen molar-refractivity contribution in [3.05, 3.63) is 217 Å². The highest BCUT2D eigenvalue weighted by molar-refractivity contribution is 6.11. The fraction of sp³-hybridized carbons (Fsp3) is 0.0492. The molecule has 0 spiro atoms. The minimum absolute atomic E-state index is 0.154. The molecule has 0 atom stereocenters. The van der Waals surface area contributed by atoms with Crippen LogP contribution < -0.4 is 0 Å². The summed E-state index contributed by atoms with van der Waals surface area (Å²) < 4.78 is 6.36. The molecule has 0 fully saturated rings. The molecule has 0 unspecified atom stereocenters. The average Bonchev–Trinajstić information content (AvgIpc) is 3.81. The Kier molecular flexibility index (Phi) is 7.95. The van der Waals surface area contributed by atoms with Crippen molar-refractivity contribution in [3.8, 4) is 67.3 Å². The van der Waals surface area contributed by atoms with Gasteiger partial charge < -0.3 is 4.42 Å². The second-order valence-corrected chi connectivity index (χ2v) is 17.8. The molecule has 0 amide bonds. The first kappa shape index (κ1) is 36.5. The summed E-state index contributed by atoms with van der Waals surface area (Å²) in [6.07, 6.45) is 0. The fourth-order valence-electron chi connectivity index (χ4n) is 10.3. The number of benzene rings is 10. The van der Waals surface area contributed by atoms with Crippen LogP contribution in [0.15, 0.2) is 211 Å². The van der Waals surface area contributed by atoms with Gasteiger partial charge in [0.05, 0.1) is 11.4 Å². The summed E-state index contributed by atoms with van der Waals surface area (Å²) in [4.78, 5) is 10.6. The number of hydrogen-bond donors (Lipinski definition) is 0. The van der Waals surface area contributed by atoms with Gasteiger partial charge >= 0.3 is 0 Å². The Balaban J connectivity index is 0.909. The van der Waals surface area contributed by atoms with Gasteiger partial charge in [0.25, 0.3) is 0 Å². The van der Waals surface area contributed by atoms with E-state index < -0.39 is 0 Å². The van der Waals surface area contributed by atoms with E-state index in [4.69, 9.17) is 14.4 Å². The molecule has 0 bridgehead atoms. The predicted octanol–water partition coefficient (Wildman–Crippen LogP) is 16.5. The first-order valence-electron chi connectivity index (χ1n) is 22.0. The zero-order valence-corrected chi connectivity index (χ0v) is 35.4. The van der Waals surface area contributed by atoms with Crippen LogP contribution in [0.3, 0.4) is 0 Å². The number of nitrogens with zero attached hydrogens (tertiary/aromatic N) is 2. The lowest BCUT2D eigenvalue weighted by Gasteiger charge is -2.22. The molecular weight excluding hydrogens is 777 g/mol. The van der Waals surface area contributed by atoms with Crippen molar-refractivity contribution in [1.82, 2.24) is 9.97 Å². The maximum Gasteiger partial charge on any atom is 0.160 e. The highest BCUT2D eigenvalue weighted by atomic mass is 16.3. The summed E-state index contributed by atoms with van der Waals surface area (Å²) in [5, 5.41) is 9.49. The Morgan fingerprint density at radius 3 is 1.67 bits per heavy atom. The molecule has 0 saturated carbocycles. The lowest BCUT2D eigenvalue weighted by atomic mass is 9.81. The second kappa shape index (κ2) is 13.9. The SMILES string of the molecule is CC1(C)c2cc3ccccc3cc2-c2c(-c3cc(-c4ccc5cc(-c6ccccc6-c6ccc7oc8cc9ccccc9cc8c7c6)ccc5c4)nc(-c4ccccc4)n3)cccc21. The molecule has 64 heavy (non-hydrogen) atoms. The Labute approximate surface area is 371 Å². The van der Waals surface area contributed by atoms with Gasteiger partial charge in [0.15, 0.2) is 5.82 Å². The molecule has 12 aromatic rings. The quantitative estimate of drug-likeness (QED) is 0.174. The van der Waals surface area contributed by atoms with Gasteiger partial charge in [-0.15, -0.1) is 0 Å². The summed E-state index contributed by atoms with van der Waals surface area (Å²) in [6.45, 7) is 4.69. The van der Waals surface area contributed by atoms with E-state index in [0.717, 1.165) is 61.0 Å². The molecule has 13 rings (SSSR count). The van der Waals surface area contributed by atoms with E-state index >= 15 is 0 Å². The first-order valence-corrected chi connectivity index (χ1v) is 22.0. The Bertz CT molecular complexity index is 3880. The van der Waals surface area contributed by atoms with Gasteiger partial charge in [0.2, 0.25) is 0 Å². The van der Waals surface area contributed by atoms with Crippen LogP contribution >= 0.6 is 0 Å². The number of fused-ring (bicyclic) bond motifs is 9. The highest BCUT2D eigenvalue weighted by Gasteiger charge is 2.37. The minimum atomic E-state index is -0.154. The monoisotopic (exact) mass is 816 g/mol. The molecule has 2 heterocycles. The van der Waals surface area contributed by atoms with Crippen molar-refractivity contribution in [1.29, 1.82) is 0 Å². The summed E-state index contributed by atoms with van der Waals surface area (Å²) in [5.41, 5.74) is 16.5. The van der Waals surface area contributed by atoms with Crippen molar-refractivity contribution in [2.24, 2.45) is 0 Å². The molecule has 3 nitrogen and oxygen atoms in total. The van der Waals surface area contributed by atoms with Crippen LogP contribution in [0, 0.1) is 0 Å². The Morgan fingerprint density at radius 2 is 0.906 bits per heavy atom. The van der Waals surface area contributed by atoms with Gasteiger partial charge in [0, 0.05) is 32.9 Å². The molecule has 1 aliphatic carbocycles. The van der Waals surface area contributed by atoms with E-state index in [1.807, 2.05) is 6.07 Å². The molecule has 0 aliphatic heterocycles. The number of aromatic nitrogens is 2. The predicted molar refractivity (Wildman–Crippen MR) is 267 cm³/mol. The normalized spacial score (nSPS) is 13.0. The van der Waals surface area contributed by atoms with Gasteiger partial charge in [-0.05, 0) is 131 Å². The maximum atomic E-state index is 6.36. The smallest absolute Gasteiger partial charge is 0.160 e. The van der Waals surface area contributed by atoms with Crippen LogP contribution in [0.25, 0.3) is 122 Å². The average molecular weight is 817 g/mol. The van der Waals surface area contributed by atoms with Gasteiger partial charge in [-0.3, -0.25) is 0 Å². The van der Waals surface area contributed by atoms with Crippen LogP contribution in [0.1, 0.15) is 25.0 Å². The molecule has 0 radical (unpaired) electrons. The van der Waals surface area contributed by atoms with Crippen LogP contribution in [-0.4, -0.2) is 9.97 Å². The largest absolute Gasteiger partial charge is 0.456 e. The topological polar surface area (TPSA) is 38.9 Å². The molecule has 0 saturated heterocycles. The number of hydrogen-bond acceptors (Lipinski definition) is 3. The van der Waals surface area contributed by atoms with Crippen molar-refractivity contribution in [2.45, 2.75) is 19.3 Å². The molecule has 10 aromatic carbocycles. The van der Waals surface area contributed by atoms with E-state index in [0.29, 0.717) is 5.82 Å². The molecule has 1 aliphatic rings. The van der Waals surface area contributed by atoms with Crippen LogP contribution in [0.5, 0.6) is 0 Å². The van der Waals surface area contributed by atoms with Gasteiger partial charge in [-0.2, -0.15) is 0 Å². The summed E-state index contributed by atoms with van der Waals surface area (Å²) >= 11 is 0. The molecule has 300 valence electrons. The Hall–Kier alpha value is -8.14. The van der Waals surface area contributed by atoms with Crippen molar-refractivity contribution < 1.29 is 4.42 Å². The Morgan fingerprint density at radius 1 is 0.344 bits per heavy atom. The minimum Gasteiger partial charge on any atom is -0.456 e. The number of furan rings is 1. The third-order valence-corrected chi connectivity index (χ3v) is 13.6. The van der Waals surface area contributed by atoms with E-state index in [1.165, 1.54) is 65.9 Å². The first-order chi connectivity index (χ1) is 31.4. The molecule has 3 heteroatoms. The number of rotatable bonds is 5. The van der Waals surface area contributed by atoms with E-state index in [1.54, 1.807) is 0 Å². The van der Waals surface area contributed by atoms with Gasteiger partial charge in [0.1, 0.15) is 11.2 Å². The fourth-order valence-corrected chi connectivity index (χ4v) is 10.3. The highest BCUT2D eigenvalue weighted by Crippen LogP contribution is 2.53. The van der Waals surface area contributed by atoms with Gasteiger partial charge in [-0.25, -0.2) is 9.97 Å². The zero-order chi connectivity index (χ0) is 42.5. The summed E-state index contributed by atoms with van der Waals surface area (Å²) in [7, 11) is 0. The van der Waals surface area contributed by atoms with Crippen molar-refractivity contribution >= 4 is 54.3 Å². The lowest BCUT2D eigenvalue weighted by Crippen LogP contribution is -2.14.